The maximum atomic E-state index is 13.5. The van der Waals surface area contributed by atoms with E-state index in [0.717, 1.165) is 28.8 Å². The smallest absolute Gasteiger partial charge is 0.243 e. The molecule has 1 aromatic heterocycles. The minimum atomic E-state index is -3.91. The van der Waals surface area contributed by atoms with Gasteiger partial charge < -0.3 is 5.32 Å². The van der Waals surface area contributed by atoms with E-state index in [1.807, 2.05) is 0 Å². The first-order valence-electron chi connectivity index (χ1n) is 7.32. The van der Waals surface area contributed by atoms with Crippen molar-refractivity contribution in [3.05, 3.63) is 59.9 Å². The lowest BCUT2D eigenvalue weighted by Gasteiger charge is -2.28. The molecule has 0 fully saturated rings. The van der Waals surface area contributed by atoms with E-state index in [1.54, 1.807) is 24.4 Å². The molecule has 0 radical (unpaired) electrons. The first-order valence-corrected chi connectivity index (χ1v) is 9.17. The van der Waals surface area contributed by atoms with Crippen LogP contribution in [0.1, 0.15) is 12.6 Å². The summed E-state index contributed by atoms with van der Waals surface area (Å²) in [5.74, 6) is -2.91. The molecular formula is C16H17F2N3O3S. The van der Waals surface area contributed by atoms with E-state index in [9.17, 15) is 22.0 Å². The Kier molecular flexibility index (Phi) is 5.68. The van der Waals surface area contributed by atoms with E-state index in [0.29, 0.717) is 5.69 Å². The summed E-state index contributed by atoms with van der Waals surface area (Å²) in [4.78, 5) is 16.4. The van der Waals surface area contributed by atoms with Crippen molar-refractivity contribution in [2.24, 2.45) is 0 Å². The fourth-order valence-electron chi connectivity index (χ4n) is 2.26. The summed E-state index contributed by atoms with van der Waals surface area (Å²) in [5, 5.41) is 2.57. The van der Waals surface area contributed by atoms with E-state index < -0.39 is 33.6 Å². The molecule has 1 amide bonds. The average Bonchev–Trinajstić information content (AvgIpc) is 2.55. The SMILES string of the molecule is CC(C(=O)NCc1ccccn1)N(c1ccc(F)c(F)c1)S(C)(=O)=O. The quantitative estimate of drug-likeness (QED) is 0.843. The topological polar surface area (TPSA) is 79.4 Å². The fourth-order valence-corrected chi connectivity index (χ4v) is 3.43. The summed E-state index contributed by atoms with van der Waals surface area (Å²) in [6.45, 7) is 1.47. The standard InChI is InChI=1S/C16H17F2N3O3S/c1-11(16(22)20-10-12-5-3-4-8-19-12)21(25(2,23)24)13-6-7-14(17)15(18)9-13/h3-9,11H,10H2,1-2H3,(H,20,22). The number of halogens is 2. The van der Waals surface area contributed by atoms with Gasteiger partial charge in [0.05, 0.1) is 24.2 Å². The van der Waals surface area contributed by atoms with Crippen LogP contribution in [0.15, 0.2) is 42.6 Å². The summed E-state index contributed by atoms with van der Waals surface area (Å²) >= 11 is 0. The van der Waals surface area contributed by atoms with Crippen LogP contribution in [0.2, 0.25) is 0 Å². The van der Waals surface area contributed by atoms with Crippen molar-refractivity contribution in [3.63, 3.8) is 0 Å². The van der Waals surface area contributed by atoms with Gasteiger partial charge in [-0.3, -0.25) is 14.1 Å². The van der Waals surface area contributed by atoms with Crippen molar-refractivity contribution in [1.29, 1.82) is 0 Å². The summed E-state index contributed by atoms with van der Waals surface area (Å²) in [6, 6.07) is 6.66. The van der Waals surface area contributed by atoms with Crippen LogP contribution >= 0.6 is 0 Å². The van der Waals surface area contributed by atoms with E-state index in [2.05, 4.69) is 10.3 Å². The van der Waals surface area contributed by atoms with Gasteiger partial charge in [0.1, 0.15) is 6.04 Å². The molecule has 0 aliphatic rings. The van der Waals surface area contributed by atoms with E-state index in [1.165, 1.54) is 6.92 Å². The van der Waals surface area contributed by atoms with Crippen molar-refractivity contribution in [2.45, 2.75) is 19.5 Å². The number of hydrogen-bond acceptors (Lipinski definition) is 4. The van der Waals surface area contributed by atoms with Crippen LogP contribution in [0.4, 0.5) is 14.5 Å². The zero-order valence-electron chi connectivity index (χ0n) is 13.6. The number of carbonyl (C=O) groups is 1. The number of nitrogens with zero attached hydrogens (tertiary/aromatic N) is 2. The van der Waals surface area contributed by atoms with E-state index in [-0.39, 0.29) is 12.2 Å². The molecule has 134 valence electrons. The highest BCUT2D eigenvalue weighted by Crippen LogP contribution is 2.23. The second kappa shape index (κ2) is 7.56. The maximum Gasteiger partial charge on any atom is 0.243 e. The average molecular weight is 369 g/mol. The van der Waals surface area contributed by atoms with Crippen LogP contribution in [-0.4, -0.2) is 31.6 Å². The third-order valence-electron chi connectivity index (χ3n) is 3.42. The summed E-state index contributed by atoms with van der Waals surface area (Å²) < 4.78 is 51.4. The monoisotopic (exact) mass is 369 g/mol. The number of anilines is 1. The van der Waals surface area contributed by atoms with Gasteiger partial charge in [-0.2, -0.15) is 0 Å². The maximum absolute atomic E-state index is 13.5. The summed E-state index contributed by atoms with van der Waals surface area (Å²) in [5.41, 5.74) is 0.462. The molecule has 2 rings (SSSR count). The molecule has 0 saturated heterocycles. The van der Waals surface area contributed by atoms with E-state index >= 15 is 0 Å². The molecule has 1 unspecified atom stereocenters. The van der Waals surface area contributed by atoms with Crippen molar-refractivity contribution in [1.82, 2.24) is 10.3 Å². The summed E-state index contributed by atoms with van der Waals surface area (Å²) in [7, 11) is -3.91. The molecule has 1 heterocycles. The Morgan fingerprint density at radius 1 is 1.24 bits per heavy atom. The molecule has 1 atom stereocenters. The lowest BCUT2D eigenvalue weighted by molar-refractivity contribution is -0.122. The Labute approximate surface area is 144 Å². The summed E-state index contributed by atoms with van der Waals surface area (Å²) in [6.07, 6.45) is 2.45. The third kappa shape index (κ3) is 4.72. The van der Waals surface area contributed by atoms with Gasteiger partial charge in [-0.15, -0.1) is 0 Å². The van der Waals surface area contributed by atoms with Gasteiger partial charge in [0.15, 0.2) is 11.6 Å². The fraction of sp³-hybridized carbons (Fsp3) is 0.250. The largest absolute Gasteiger partial charge is 0.349 e. The molecule has 0 aliphatic heterocycles. The number of nitrogens with one attached hydrogen (secondary N) is 1. The van der Waals surface area contributed by atoms with Gasteiger partial charge >= 0.3 is 0 Å². The molecule has 1 aromatic carbocycles. The molecule has 25 heavy (non-hydrogen) atoms. The van der Waals surface area contributed by atoms with Crippen LogP contribution in [0, 0.1) is 11.6 Å². The molecule has 0 spiro atoms. The number of sulfonamides is 1. The predicted molar refractivity (Wildman–Crippen MR) is 89.2 cm³/mol. The number of aromatic nitrogens is 1. The van der Waals surface area contributed by atoms with Crippen molar-refractivity contribution in [3.8, 4) is 0 Å². The normalized spacial score (nSPS) is 12.5. The second-order valence-corrected chi connectivity index (χ2v) is 7.23. The number of carbonyl (C=O) groups excluding carboxylic acids is 1. The van der Waals surface area contributed by atoms with Gasteiger partial charge in [0.25, 0.3) is 0 Å². The van der Waals surface area contributed by atoms with Crippen molar-refractivity contribution >= 4 is 21.6 Å². The molecule has 2 aromatic rings. The highest BCUT2D eigenvalue weighted by atomic mass is 32.2. The number of pyridine rings is 1. The number of rotatable bonds is 6. The first-order chi connectivity index (χ1) is 11.7. The van der Waals surface area contributed by atoms with Crippen LogP contribution < -0.4 is 9.62 Å². The molecule has 0 bridgehead atoms. The molecule has 1 N–H and O–H groups in total. The lowest BCUT2D eigenvalue weighted by atomic mass is 10.2. The minimum absolute atomic E-state index is 0.111. The van der Waals surface area contributed by atoms with Crippen LogP contribution in [0.3, 0.4) is 0 Å². The van der Waals surface area contributed by atoms with Crippen molar-refractivity contribution < 1.29 is 22.0 Å². The first kappa shape index (κ1) is 18.8. The molecule has 9 heteroatoms. The van der Waals surface area contributed by atoms with Gasteiger partial charge in [-0.25, -0.2) is 17.2 Å². The third-order valence-corrected chi connectivity index (χ3v) is 4.66. The number of amides is 1. The zero-order chi connectivity index (χ0) is 18.6. The predicted octanol–water partition coefficient (Wildman–Crippen LogP) is 1.83. The molecule has 6 nitrogen and oxygen atoms in total. The highest BCUT2D eigenvalue weighted by molar-refractivity contribution is 7.92. The minimum Gasteiger partial charge on any atom is -0.349 e. The van der Waals surface area contributed by atoms with Gasteiger partial charge in [-0.05, 0) is 31.2 Å². The van der Waals surface area contributed by atoms with Gasteiger partial charge in [0.2, 0.25) is 15.9 Å². The van der Waals surface area contributed by atoms with Crippen LogP contribution in [0.5, 0.6) is 0 Å². The molecule has 0 saturated carbocycles. The van der Waals surface area contributed by atoms with Gasteiger partial charge in [0, 0.05) is 12.3 Å². The molecular weight excluding hydrogens is 352 g/mol. The van der Waals surface area contributed by atoms with Crippen molar-refractivity contribution in [2.75, 3.05) is 10.6 Å². The zero-order valence-corrected chi connectivity index (χ0v) is 14.4. The number of hydrogen-bond donors (Lipinski definition) is 1. The molecule has 0 aliphatic carbocycles. The van der Waals surface area contributed by atoms with Gasteiger partial charge in [-0.1, -0.05) is 6.07 Å². The number of benzene rings is 1. The Hall–Kier alpha value is -2.55. The lowest BCUT2D eigenvalue weighted by Crippen LogP contribution is -2.47. The Balaban J connectivity index is 2.22. The Morgan fingerprint density at radius 2 is 1.96 bits per heavy atom. The second-order valence-electron chi connectivity index (χ2n) is 5.37. The highest BCUT2D eigenvalue weighted by Gasteiger charge is 2.29. The Bertz CT molecular complexity index is 860. The Morgan fingerprint density at radius 3 is 2.52 bits per heavy atom. The van der Waals surface area contributed by atoms with E-state index in [4.69, 9.17) is 0 Å². The van der Waals surface area contributed by atoms with Crippen LogP contribution in [0.25, 0.3) is 0 Å². The van der Waals surface area contributed by atoms with Crippen LogP contribution in [-0.2, 0) is 21.4 Å².